The molecule has 0 radical (unpaired) electrons. The molecule has 1 saturated heterocycles. The Labute approximate surface area is 344 Å². The second-order valence-electron chi connectivity index (χ2n) is 19.1. The number of carbonyl (C=O) groups is 1. The maximum atomic E-state index is 13.1. The molecule has 1 aliphatic heterocycles. The zero-order valence-electron chi connectivity index (χ0n) is 35.6. The van der Waals surface area contributed by atoms with E-state index in [0.29, 0.717) is 30.8 Å². The molecule has 3 saturated carbocycles. The highest BCUT2D eigenvalue weighted by Crippen LogP contribution is 2.49. The molecule has 8 rings (SSSR count). The van der Waals surface area contributed by atoms with Crippen molar-refractivity contribution < 1.29 is 23.7 Å². The number of benzene rings is 1. The molecule has 3 heterocycles. The Morgan fingerprint density at radius 1 is 1.02 bits per heavy atom. The number of fused-ring (bicyclic) bond motifs is 2. The largest absolute Gasteiger partial charge is 0.497 e. The van der Waals surface area contributed by atoms with E-state index in [0.717, 1.165) is 90.7 Å². The molecule has 4 fully saturated rings. The molecule has 0 bridgehead atoms. The molecule has 58 heavy (non-hydrogen) atoms. The Bertz CT molecular complexity index is 2010. The summed E-state index contributed by atoms with van der Waals surface area (Å²) >= 11 is 0. The van der Waals surface area contributed by atoms with Gasteiger partial charge in [0, 0.05) is 61.5 Å². The van der Waals surface area contributed by atoms with Crippen LogP contribution in [0.25, 0.3) is 11.0 Å². The fourth-order valence-corrected chi connectivity index (χ4v) is 9.99. The van der Waals surface area contributed by atoms with Gasteiger partial charge >= 0.3 is 0 Å². The zero-order chi connectivity index (χ0) is 40.8. The van der Waals surface area contributed by atoms with Crippen molar-refractivity contribution in [1.29, 1.82) is 0 Å². The number of carbonyl (C=O) groups excluding carboxylic acids is 1. The van der Waals surface area contributed by atoms with Gasteiger partial charge < -0.3 is 39.9 Å². The van der Waals surface area contributed by atoms with Gasteiger partial charge in [-0.05, 0) is 100 Å². The molecule has 12 nitrogen and oxygen atoms in total. The molecule has 12 heteroatoms. The maximum Gasteiger partial charge on any atom is 0.220 e. The first kappa shape index (κ1) is 40.6. The van der Waals surface area contributed by atoms with Gasteiger partial charge in [0.1, 0.15) is 35.4 Å². The van der Waals surface area contributed by atoms with E-state index in [9.17, 15) is 4.79 Å². The van der Waals surface area contributed by atoms with E-state index in [-0.39, 0.29) is 35.6 Å². The fraction of sp³-hybridized carbons (Fsp3) is 0.630. The molecule has 4 N–H and O–H groups in total. The van der Waals surface area contributed by atoms with Crippen molar-refractivity contribution >= 4 is 22.8 Å². The van der Waals surface area contributed by atoms with Crippen LogP contribution in [-0.4, -0.2) is 82.7 Å². The van der Waals surface area contributed by atoms with Crippen LogP contribution in [0.4, 0.5) is 5.82 Å². The van der Waals surface area contributed by atoms with Crippen molar-refractivity contribution in [2.45, 2.75) is 135 Å². The minimum atomic E-state index is -0.655. The van der Waals surface area contributed by atoms with Gasteiger partial charge in [-0.2, -0.15) is 0 Å². The van der Waals surface area contributed by atoms with E-state index in [4.69, 9.17) is 29.7 Å². The van der Waals surface area contributed by atoms with Crippen LogP contribution >= 0.6 is 0 Å². The minimum absolute atomic E-state index is 0.00204. The van der Waals surface area contributed by atoms with Crippen molar-refractivity contribution in [3.63, 3.8) is 0 Å². The fourth-order valence-electron chi connectivity index (χ4n) is 9.99. The number of rotatable bonds is 15. The van der Waals surface area contributed by atoms with E-state index in [1.54, 1.807) is 20.5 Å². The number of aromatic nitrogens is 3. The second kappa shape index (κ2) is 16.5. The summed E-state index contributed by atoms with van der Waals surface area (Å²) in [6, 6.07) is 8.47. The monoisotopic (exact) mass is 796 g/mol. The first-order chi connectivity index (χ1) is 27.8. The summed E-state index contributed by atoms with van der Waals surface area (Å²) in [6.07, 6.45) is 17.3. The summed E-state index contributed by atoms with van der Waals surface area (Å²) in [5.74, 6) is 3.41. The first-order valence-electron chi connectivity index (χ1n) is 21.6. The van der Waals surface area contributed by atoms with Gasteiger partial charge in [-0.1, -0.05) is 38.8 Å². The van der Waals surface area contributed by atoms with Crippen molar-refractivity contribution in [1.82, 2.24) is 24.8 Å². The highest BCUT2D eigenvalue weighted by molar-refractivity contribution is 5.87. The third kappa shape index (κ3) is 8.61. The summed E-state index contributed by atoms with van der Waals surface area (Å²) in [7, 11) is 3.33. The summed E-state index contributed by atoms with van der Waals surface area (Å²) < 4.78 is 26.8. The minimum Gasteiger partial charge on any atom is -0.497 e. The Kier molecular flexibility index (Phi) is 11.6. The van der Waals surface area contributed by atoms with Crippen molar-refractivity contribution in [3.05, 3.63) is 65.8 Å². The third-order valence-electron chi connectivity index (χ3n) is 13.7. The summed E-state index contributed by atoms with van der Waals surface area (Å²) in [6.45, 7) is 13.4. The number of amides is 1. The van der Waals surface area contributed by atoms with Crippen molar-refractivity contribution in [2.24, 2.45) is 28.9 Å². The van der Waals surface area contributed by atoms with Crippen LogP contribution < -0.4 is 25.8 Å². The smallest absolute Gasteiger partial charge is 0.220 e. The average molecular weight is 796 g/mol. The number of allylic oxidation sites excluding steroid dienone is 2. The van der Waals surface area contributed by atoms with Gasteiger partial charge in [0.2, 0.25) is 5.91 Å². The van der Waals surface area contributed by atoms with Crippen LogP contribution in [0.15, 0.2) is 60.2 Å². The summed E-state index contributed by atoms with van der Waals surface area (Å²) in [5, 5.41) is 7.75. The molecule has 2 aromatic heterocycles. The topological polar surface area (TPSA) is 138 Å². The van der Waals surface area contributed by atoms with Crippen LogP contribution in [0.3, 0.4) is 0 Å². The molecular weight excluding hydrogens is 731 g/mol. The number of methoxy groups -OCH3 is 2. The van der Waals surface area contributed by atoms with Gasteiger partial charge in [0.05, 0.1) is 37.8 Å². The van der Waals surface area contributed by atoms with E-state index >= 15 is 0 Å². The molecule has 5 atom stereocenters. The number of anilines is 1. The molecule has 314 valence electrons. The third-order valence-corrected chi connectivity index (χ3v) is 13.7. The lowest BCUT2D eigenvalue weighted by Crippen LogP contribution is -2.50. The number of nitrogens with zero attached hydrogens (tertiary/aromatic N) is 4. The van der Waals surface area contributed by atoms with Crippen LogP contribution in [0.5, 0.6) is 11.5 Å². The Morgan fingerprint density at radius 3 is 2.53 bits per heavy atom. The average Bonchev–Trinajstić information content (AvgIpc) is 3.82. The molecule has 1 amide bonds. The van der Waals surface area contributed by atoms with E-state index in [1.165, 1.54) is 24.8 Å². The number of nitrogens with one attached hydrogen (secondary N) is 2. The van der Waals surface area contributed by atoms with Crippen LogP contribution in [0.2, 0.25) is 0 Å². The van der Waals surface area contributed by atoms with Crippen molar-refractivity contribution in [3.8, 4) is 11.5 Å². The molecule has 1 unspecified atom stereocenters. The van der Waals surface area contributed by atoms with E-state index in [2.05, 4.69) is 64.2 Å². The SMILES string of the molecule is COc1ccc(CNc2ncnc3c2ccn3[C@@H]2C[C@H](CN(CC3CCC3)C3CC(CCC(=O)NC4CC(C(C)(C)C)=CC=C4N)C3)[C@H]3OC(C)(C)O[C@H]32)c(OC)c1. The van der Waals surface area contributed by atoms with Gasteiger partial charge in [-0.25, -0.2) is 9.97 Å². The lowest BCUT2D eigenvalue weighted by Gasteiger charge is -2.46. The first-order valence-corrected chi connectivity index (χ1v) is 21.6. The predicted molar refractivity (Wildman–Crippen MR) is 226 cm³/mol. The Morgan fingerprint density at radius 2 is 1.81 bits per heavy atom. The predicted octanol–water partition coefficient (Wildman–Crippen LogP) is 7.51. The molecule has 4 aliphatic carbocycles. The van der Waals surface area contributed by atoms with Crippen LogP contribution in [-0.2, 0) is 20.8 Å². The van der Waals surface area contributed by atoms with Crippen molar-refractivity contribution in [2.75, 3.05) is 32.6 Å². The van der Waals surface area contributed by atoms with Gasteiger partial charge in [0.25, 0.3) is 0 Å². The Balaban J connectivity index is 0.915. The van der Waals surface area contributed by atoms with E-state index < -0.39 is 5.79 Å². The molecule has 0 spiro atoms. The van der Waals surface area contributed by atoms with E-state index in [1.807, 2.05) is 38.1 Å². The van der Waals surface area contributed by atoms with Gasteiger partial charge in [-0.3, -0.25) is 9.69 Å². The highest BCUT2D eigenvalue weighted by atomic mass is 16.8. The van der Waals surface area contributed by atoms with Gasteiger partial charge in [-0.15, -0.1) is 0 Å². The maximum absolute atomic E-state index is 13.1. The lowest BCUT2D eigenvalue weighted by atomic mass is 9.75. The molecule has 3 aromatic rings. The molecule has 5 aliphatic rings. The van der Waals surface area contributed by atoms with Crippen LogP contribution in [0.1, 0.15) is 104 Å². The van der Waals surface area contributed by atoms with Gasteiger partial charge in [0.15, 0.2) is 5.79 Å². The standard InChI is InChI=1S/C46H65N7O5/c1-45(2,3)32-13-15-36(47)37(22-32)51-40(54)16-11-29-19-33(20-29)52(25-28-9-8-10-28)26-31-21-38(42-41(31)57-46(4,5)58-42)53-18-17-35-43(49-27-50-44(35)53)48-24-30-12-14-34(55-6)23-39(30)56-7/h12-15,17-18,23,27-29,31,33,37-38,41-42H,8-11,16,19-22,24-26,47H2,1-7H3,(H,51,54)(H,48,49,50)/t29?,31-,33?,37?,38-,41-,42+/m1/s1. The molecule has 1 aromatic carbocycles. The summed E-state index contributed by atoms with van der Waals surface area (Å²) in [4.78, 5) is 25.4. The Hall–Kier alpha value is -4.13. The lowest BCUT2D eigenvalue weighted by molar-refractivity contribution is -0.161. The normalized spacial score (nSPS) is 28.0. The number of hydrogen-bond acceptors (Lipinski definition) is 10. The quantitative estimate of drug-likeness (QED) is 0.142. The zero-order valence-corrected chi connectivity index (χ0v) is 35.6. The number of nitrogens with two attached hydrogens (primary N) is 1. The number of hydrogen-bond donors (Lipinski definition) is 3. The number of ether oxygens (including phenoxy) is 4. The van der Waals surface area contributed by atoms with Crippen LogP contribution in [0, 0.1) is 23.2 Å². The summed E-state index contributed by atoms with van der Waals surface area (Å²) in [5.41, 5.74) is 10.3. The second-order valence-corrected chi connectivity index (χ2v) is 19.1. The highest BCUT2D eigenvalue weighted by Gasteiger charge is 2.55. The molecular formula is C46H65N7O5.